The van der Waals surface area contributed by atoms with Gasteiger partial charge in [-0.3, -0.25) is 0 Å². The summed E-state index contributed by atoms with van der Waals surface area (Å²) in [4.78, 5) is 2.48. The van der Waals surface area contributed by atoms with Gasteiger partial charge in [0.2, 0.25) is 0 Å². The number of rotatable bonds is 7. The van der Waals surface area contributed by atoms with Gasteiger partial charge in [0, 0.05) is 48.0 Å². The van der Waals surface area contributed by atoms with E-state index < -0.39 is 0 Å². The van der Waals surface area contributed by atoms with E-state index in [9.17, 15) is 0 Å². The predicted octanol–water partition coefficient (Wildman–Crippen LogP) is 16.8. The largest absolute Gasteiger partial charge is 0.310 e. The standard InChI is InChI=1S/C58H38N2S/c1-4-16-39(17-5-1)44-35-45(40-18-6-2-7-19-40)38-48(37-44)59(54-27-15-29-56-58(54)51-23-11-13-28-55(51)61-56)47-33-32-41-34-43(31-30-42(41)36-47)49-24-14-26-53-57(49)50-22-10-12-25-52(50)60(53)46-20-8-3-9-21-46/h1-38H. The Balaban J connectivity index is 1.06. The van der Waals surface area contributed by atoms with Gasteiger partial charge < -0.3 is 9.47 Å². The average molecular weight is 795 g/mol. The number of fused-ring (bicyclic) bond motifs is 7. The van der Waals surface area contributed by atoms with Crippen molar-refractivity contribution in [2.24, 2.45) is 0 Å². The summed E-state index contributed by atoms with van der Waals surface area (Å²) in [6.07, 6.45) is 0. The van der Waals surface area contributed by atoms with Crippen molar-refractivity contribution in [2.75, 3.05) is 4.90 Å². The monoisotopic (exact) mass is 794 g/mol. The van der Waals surface area contributed by atoms with Crippen LogP contribution in [0.25, 0.3) is 91.8 Å². The quantitative estimate of drug-likeness (QED) is 0.156. The van der Waals surface area contributed by atoms with Gasteiger partial charge in [-0.05, 0) is 123 Å². The molecule has 0 aliphatic heterocycles. The molecule has 2 nitrogen and oxygen atoms in total. The van der Waals surface area contributed by atoms with Crippen LogP contribution in [0.15, 0.2) is 231 Å². The molecule has 0 aliphatic carbocycles. The Labute approximate surface area is 358 Å². The van der Waals surface area contributed by atoms with E-state index in [-0.39, 0.29) is 0 Å². The molecule has 0 saturated carbocycles. The van der Waals surface area contributed by atoms with Crippen LogP contribution >= 0.6 is 11.3 Å². The molecule has 12 rings (SSSR count). The van der Waals surface area contributed by atoms with Crippen molar-refractivity contribution in [3.05, 3.63) is 231 Å². The number of anilines is 3. The molecule has 3 heteroatoms. The van der Waals surface area contributed by atoms with Crippen molar-refractivity contribution in [3.63, 3.8) is 0 Å². The minimum Gasteiger partial charge on any atom is -0.310 e. The number of hydrogen-bond donors (Lipinski definition) is 0. The summed E-state index contributed by atoms with van der Waals surface area (Å²) in [5.41, 5.74) is 14.1. The molecule has 2 heterocycles. The Hall–Kier alpha value is -7.72. The maximum atomic E-state index is 2.48. The van der Waals surface area contributed by atoms with Gasteiger partial charge in [0.25, 0.3) is 0 Å². The fraction of sp³-hybridized carbons (Fsp3) is 0. The first-order chi connectivity index (χ1) is 30.2. The molecule has 0 unspecified atom stereocenters. The number of para-hydroxylation sites is 2. The molecule has 0 bridgehead atoms. The lowest BCUT2D eigenvalue weighted by molar-refractivity contribution is 1.18. The Morgan fingerprint density at radius 1 is 0.344 bits per heavy atom. The zero-order chi connectivity index (χ0) is 40.3. The fourth-order valence-corrected chi connectivity index (χ4v) is 10.5. The van der Waals surface area contributed by atoms with Gasteiger partial charge in [0.15, 0.2) is 0 Å². The molecule has 0 N–H and O–H groups in total. The second-order valence-electron chi connectivity index (χ2n) is 15.7. The van der Waals surface area contributed by atoms with E-state index in [4.69, 9.17) is 0 Å². The summed E-state index contributed by atoms with van der Waals surface area (Å²) < 4.78 is 4.96. The lowest BCUT2D eigenvalue weighted by atomic mass is 9.96. The first kappa shape index (κ1) is 35.2. The Morgan fingerprint density at radius 3 is 1.72 bits per heavy atom. The maximum Gasteiger partial charge on any atom is 0.0554 e. The Kier molecular flexibility index (Phi) is 8.39. The normalized spacial score (nSPS) is 11.6. The second kappa shape index (κ2) is 14.5. The van der Waals surface area contributed by atoms with Gasteiger partial charge in [0.05, 0.1) is 16.7 Å². The van der Waals surface area contributed by atoms with Crippen molar-refractivity contribution in [1.82, 2.24) is 4.57 Å². The lowest BCUT2D eigenvalue weighted by Crippen LogP contribution is -2.11. The summed E-state index contributed by atoms with van der Waals surface area (Å²) >= 11 is 1.86. The molecule has 12 aromatic rings. The molecule has 0 saturated heterocycles. The summed E-state index contributed by atoms with van der Waals surface area (Å²) in [6.45, 7) is 0. The molecule has 2 aromatic heterocycles. The molecule has 0 aliphatic rings. The molecule has 286 valence electrons. The summed E-state index contributed by atoms with van der Waals surface area (Å²) in [7, 11) is 0. The molecule has 0 spiro atoms. The topological polar surface area (TPSA) is 8.17 Å². The van der Waals surface area contributed by atoms with E-state index >= 15 is 0 Å². The van der Waals surface area contributed by atoms with E-state index in [1.54, 1.807) is 0 Å². The number of hydrogen-bond acceptors (Lipinski definition) is 2. The molecule has 61 heavy (non-hydrogen) atoms. The van der Waals surface area contributed by atoms with Gasteiger partial charge >= 0.3 is 0 Å². The lowest BCUT2D eigenvalue weighted by Gasteiger charge is -2.28. The van der Waals surface area contributed by atoms with Gasteiger partial charge in [-0.1, -0.05) is 152 Å². The van der Waals surface area contributed by atoms with Crippen LogP contribution in [-0.2, 0) is 0 Å². The number of aromatic nitrogens is 1. The molecular weight excluding hydrogens is 757 g/mol. The first-order valence-corrected chi connectivity index (χ1v) is 21.6. The Morgan fingerprint density at radius 2 is 0.951 bits per heavy atom. The third-order valence-electron chi connectivity index (χ3n) is 12.1. The molecule has 0 amide bonds. The predicted molar refractivity (Wildman–Crippen MR) is 262 cm³/mol. The van der Waals surface area contributed by atoms with Crippen LogP contribution in [0.1, 0.15) is 0 Å². The van der Waals surface area contributed by atoms with Crippen LogP contribution in [0, 0.1) is 0 Å². The van der Waals surface area contributed by atoms with Crippen molar-refractivity contribution in [2.45, 2.75) is 0 Å². The summed E-state index contributed by atoms with van der Waals surface area (Å²) in [5, 5.41) is 7.46. The van der Waals surface area contributed by atoms with E-state index in [2.05, 4.69) is 240 Å². The molecule has 10 aromatic carbocycles. The van der Waals surface area contributed by atoms with E-state index in [0.29, 0.717) is 0 Å². The highest BCUT2D eigenvalue weighted by Gasteiger charge is 2.21. The van der Waals surface area contributed by atoms with Gasteiger partial charge in [-0.15, -0.1) is 11.3 Å². The number of thiophene rings is 1. The zero-order valence-electron chi connectivity index (χ0n) is 33.2. The maximum absolute atomic E-state index is 2.48. The number of benzene rings is 10. The third kappa shape index (κ3) is 6.01. The highest BCUT2D eigenvalue weighted by molar-refractivity contribution is 7.26. The van der Waals surface area contributed by atoms with E-state index in [1.165, 1.54) is 86.1 Å². The highest BCUT2D eigenvalue weighted by Crippen LogP contribution is 2.47. The van der Waals surface area contributed by atoms with Crippen LogP contribution in [-0.4, -0.2) is 4.57 Å². The molecule has 0 radical (unpaired) electrons. The molecular formula is C58H38N2S. The van der Waals surface area contributed by atoms with Crippen molar-refractivity contribution < 1.29 is 0 Å². The van der Waals surface area contributed by atoms with Gasteiger partial charge in [-0.25, -0.2) is 0 Å². The minimum absolute atomic E-state index is 1.11. The van der Waals surface area contributed by atoms with E-state index in [1.807, 2.05) is 11.3 Å². The van der Waals surface area contributed by atoms with Gasteiger partial charge in [0.1, 0.15) is 0 Å². The Bertz CT molecular complexity index is 3530. The fourth-order valence-electron chi connectivity index (χ4n) is 9.36. The van der Waals surface area contributed by atoms with E-state index in [0.717, 1.165) is 22.7 Å². The van der Waals surface area contributed by atoms with Crippen LogP contribution in [0.3, 0.4) is 0 Å². The third-order valence-corrected chi connectivity index (χ3v) is 13.3. The van der Waals surface area contributed by atoms with Crippen molar-refractivity contribution in [1.29, 1.82) is 0 Å². The average Bonchev–Trinajstić information content (AvgIpc) is 3.89. The van der Waals surface area contributed by atoms with Crippen LogP contribution in [0.2, 0.25) is 0 Å². The molecule has 0 atom stereocenters. The smallest absolute Gasteiger partial charge is 0.0554 e. The first-order valence-electron chi connectivity index (χ1n) is 20.8. The SMILES string of the molecule is c1ccc(-c2cc(-c3ccccc3)cc(N(c3ccc4cc(-c5cccc6c5c5ccccc5n6-c5ccccc5)ccc4c3)c3cccc4sc5ccccc5c34)c2)cc1. The summed E-state index contributed by atoms with van der Waals surface area (Å²) in [5.74, 6) is 0. The number of nitrogens with zero attached hydrogens (tertiary/aromatic N) is 2. The minimum atomic E-state index is 1.11. The van der Waals surface area contributed by atoms with Gasteiger partial charge in [-0.2, -0.15) is 0 Å². The molecule has 0 fully saturated rings. The van der Waals surface area contributed by atoms with Crippen LogP contribution < -0.4 is 4.90 Å². The second-order valence-corrected chi connectivity index (χ2v) is 16.8. The zero-order valence-corrected chi connectivity index (χ0v) is 34.1. The van der Waals surface area contributed by atoms with Crippen molar-refractivity contribution >= 4 is 81.1 Å². The van der Waals surface area contributed by atoms with Crippen molar-refractivity contribution in [3.8, 4) is 39.1 Å². The highest BCUT2D eigenvalue weighted by atomic mass is 32.1. The summed E-state index contributed by atoms with van der Waals surface area (Å²) in [6, 6.07) is 84.3. The van der Waals surface area contributed by atoms with Crippen LogP contribution in [0.4, 0.5) is 17.1 Å². The van der Waals surface area contributed by atoms with Crippen LogP contribution in [0.5, 0.6) is 0 Å².